The van der Waals surface area contributed by atoms with Crippen molar-refractivity contribution in [1.82, 2.24) is 4.90 Å². The monoisotopic (exact) mass is 521 g/mol. The molecule has 6 nitrogen and oxygen atoms in total. The first kappa shape index (κ1) is 23.6. The van der Waals surface area contributed by atoms with Crippen LogP contribution in [0, 0.1) is 0 Å². The first-order valence-electron chi connectivity index (χ1n) is 10.7. The van der Waals surface area contributed by atoms with Crippen molar-refractivity contribution < 1.29 is 24.2 Å². The summed E-state index contributed by atoms with van der Waals surface area (Å²) in [5, 5.41) is 11.1. The number of Topliss-reactive ketones (excluding diaryl/α,β-unsaturated/α-hetero) is 1. The number of rotatable bonds is 7. The highest BCUT2D eigenvalue weighted by atomic mass is 79.9. The Bertz CT molecular complexity index is 1240. The van der Waals surface area contributed by atoms with Gasteiger partial charge in [-0.1, -0.05) is 64.5 Å². The summed E-state index contributed by atoms with van der Waals surface area (Å²) >= 11 is 3.38. The van der Waals surface area contributed by atoms with E-state index in [2.05, 4.69) is 15.9 Å². The van der Waals surface area contributed by atoms with Crippen LogP contribution in [0.3, 0.4) is 0 Å². The quantitative estimate of drug-likeness (QED) is 0.265. The molecule has 0 saturated carbocycles. The molecule has 174 valence electrons. The number of likely N-dealkylation sites (tertiary alicyclic amines) is 1. The molecule has 3 aromatic carbocycles. The molecule has 0 spiro atoms. The number of halogens is 1. The summed E-state index contributed by atoms with van der Waals surface area (Å²) in [6.07, 6.45) is 0.495. The molecular formula is C27H24BrNO5. The molecule has 34 heavy (non-hydrogen) atoms. The minimum atomic E-state index is -0.693. The van der Waals surface area contributed by atoms with Crippen LogP contribution in [-0.2, 0) is 16.0 Å². The van der Waals surface area contributed by atoms with Crippen molar-refractivity contribution in [2.24, 2.45) is 0 Å². The van der Waals surface area contributed by atoms with E-state index in [0.29, 0.717) is 23.5 Å². The molecular weight excluding hydrogens is 498 g/mol. The topological polar surface area (TPSA) is 76.1 Å². The van der Waals surface area contributed by atoms with Crippen molar-refractivity contribution in [1.29, 1.82) is 0 Å². The van der Waals surface area contributed by atoms with Crippen LogP contribution in [0.2, 0.25) is 0 Å². The standard InChI is InChI=1S/C27H24BrNO5/c1-33-21-13-8-17(16-22(21)34-2)14-15-29-24(18-6-4-3-5-7-18)23(26(31)27(29)32)25(30)19-9-11-20(28)12-10-19/h3-13,16,24,30H,14-15H2,1-2H3. The number of hydrogen-bond acceptors (Lipinski definition) is 5. The molecule has 1 amide bonds. The molecule has 1 aliphatic heterocycles. The molecule has 0 aromatic heterocycles. The molecule has 0 aliphatic carbocycles. The van der Waals surface area contributed by atoms with Crippen molar-refractivity contribution in [2.45, 2.75) is 12.5 Å². The van der Waals surface area contributed by atoms with Crippen LogP contribution in [0.5, 0.6) is 11.5 Å². The number of amides is 1. The van der Waals surface area contributed by atoms with Gasteiger partial charge in [-0.2, -0.15) is 0 Å². The molecule has 3 aromatic rings. The van der Waals surface area contributed by atoms with Gasteiger partial charge in [0.2, 0.25) is 0 Å². The highest BCUT2D eigenvalue weighted by Gasteiger charge is 2.45. The van der Waals surface area contributed by atoms with Gasteiger partial charge in [-0.05, 0) is 41.8 Å². The second kappa shape index (κ2) is 10.1. The van der Waals surface area contributed by atoms with Gasteiger partial charge in [-0.3, -0.25) is 9.59 Å². The summed E-state index contributed by atoms with van der Waals surface area (Å²) in [5.41, 5.74) is 2.25. The summed E-state index contributed by atoms with van der Waals surface area (Å²) in [4.78, 5) is 27.8. The minimum absolute atomic E-state index is 0.0887. The zero-order valence-corrected chi connectivity index (χ0v) is 20.4. The van der Waals surface area contributed by atoms with Crippen LogP contribution in [0.25, 0.3) is 5.76 Å². The number of carbonyl (C=O) groups excluding carboxylic acids is 2. The smallest absolute Gasteiger partial charge is 0.295 e. The summed E-state index contributed by atoms with van der Waals surface area (Å²) in [6, 6.07) is 21.1. The van der Waals surface area contributed by atoms with Crippen LogP contribution in [0.15, 0.2) is 82.8 Å². The average molecular weight is 522 g/mol. The van der Waals surface area contributed by atoms with Gasteiger partial charge in [0.05, 0.1) is 25.8 Å². The Morgan fingerprint density at radius 1 is 0.941 bits per heavy atom. The lowest BCUT2D eigenvalue weighted by molar-refractivity contribution is -0.139. The maximum Gasteiger partial charge on any atom is 0.295 e. The largest absolute Gasteiger partial charge is 0.507 e. The van der Waals surface area contributed by atoms with Crippen molar-refractivity contribution in [2.75, 3.05) is 20.8 Å². The predicted molar refractivity (Wildman–Crippen MR) is 133 cm³/mol. The van der Waals surface area contributed by atoms with E-state index in [1.807, 2.05) is 48.5 Å². The summed E-state index contributed by atoms with van der Waals surface area (Å²) in [5.74, 6) is -0.301. The number of methoxy groups -OCH3 is 2. The molecule has 1 unspecified atom stereocenters. The van der Waals surface area contributed by atoms with E-state index >= 15 is 0 Å². The van der Waals surface area contributed by atoms with Gasteiger partial charge in [0.15, 0.2) is 11.5 Å². The summed E-state index contributed by atoms with van der Waals surface area (Å²) < 4.78 is 11.5. The molecule has 1 N–H and O–H groups in total. The summed E-state index contributed by atoms with van der Waals surface area (Å²) in [7, 11) is 3.14. The van der Waals surface area contributed by atoms with Crippen molar-refractivity contribution >= 4 is 33.4 Å². The Labute approximate surface area is 206 Å². The second-order valence-corrected chi connectivity index (χ2v) is 8.77. The van der Waals surface area contributed by atoms with Gasteiger partial charge >= 0.3 is 0 Å². The Morgan fingerprint density at radius 3 is 2.26 bits per heavy atom. The lowest BCUT2D eigenvalue weighted by atomic mass is 9.95. The molecule has 1 atom stereocenters. The Morgan fingerprint density at radius 2 is 1.62 bits per heavy atom. The number of benzene rings is 3. The van der Waals surface area contributed by atoms with Gasteiger partial charge in [0.25, 0.3) is 11.7 Å². The van der Waals surface area contributed by atoms with Gasteiger partial charge < -0.3 is 19.5 Å². The number of carbonyl (C=O) groups is 2. The normalized spacial score (nSPS) is 17.1. The molecule has 4 rings (SSSR count). The number of nitrogens with zero attached hydrogens (tertiary/aromatic N) is 1. The van der Waals surface area contributed by atoms with Gasteiger partial charge in [0, 0.05) is 16.6 Å². The predicted octanol–water partition coefficient (Wildman–Crippen LogP) is 5.13. The Kier molecular flexibility index (Phi) is 7.03. The van der Waals surface area contributed by atoms with E-state index in [1.54, 1.807) is 38.5 Å². The fourth-order valence-electron chi connectivity index (χ4n) is 4.14. The van der Waals surface area contributed by atoms with Crippen molar-refractivity contribution in [3.63, 3.8) is 0 Å². The van der Waals surface area contributed by atoms with Crippen molar-refractivity contribution in [3.05, 3.63) is 99.5 Å². The Balaban J connectivity index is 1.72. The summed E-state index contributed by atoms with van der Waals surface area (Å²) in [6.45, 7) is 0.288. The van der Waals surface area contributed by atoms with Gasteiger partial charge in [-0.15, -0.1) is 0 Å². The van der Waals surface area contributed by atoms with E-state index in [1.165, 1.54) is 4.90 Å². The Hall–Kier alpha value is -3.58. The van der Waals surface area contributed by atoms with E-state index in [0.717, 1.165) is 15.6 Å². The SMILES string of the molecule is COc1ccc(CCN2C(=O)C(=O)C(=C(O)c3ccc(Br)cc3)C2c2ccccc2)cc1OC. The van der Waals surface area contributed by atoms with E-state index in [9.17, 15) is 14.7 Å². The maximum atomic E-state index is 13.1. The molecule has 0 bridgehead atoms. The van der Waals surface area contributed by atoms with Crippen LogP contribution in [-0.4, -0.2) is 42.5 Å². The molecule has 1 heterocycles. The fraction of sp³-hybridized carbons (Fsp3) is 0.185. The number of aliphatic hydroxyl groups excluding tert-OH is 1. The van der Waals surface area contributed by atoms with E-state index < -0.39 is 17.7 Å². The number of ketones is 1. The van der Waals surface area contributed by atoms with Crippen LogP contribution < -0.4 is 9.47 Å². The van der Waals surface area contributed by atoms with E-state index in [-0.39, 0.29) is 17.9 Å². The lowest BCUT2D eigenvalue weighted by Gasteiger charge is -2.25. The molecule has 0 radical (unpaired) electrons. The molecule has 1 fully saturated rings. The fourth-order valence-corrected chi connectivity index (χ4v) is 4.41. The molecule has 1 aliphatic rings. The van der Waals surface area contributed by atoms with E-state index in [4.69, 9.17) is 9.47 Å². The van der Waals surface area contributed by atoms with Crippen molar-refractivity contribution in [3.8, 4) is 11.5 Å². The number of hydrogen-bond donors (Lipinski definition) is 1. The number of ether oxygens (including phenoxy) is 2. The minimum Gasteiger partial charge on any atom is -0.507 e. The zero-order chi connectivity index (χ0) is 24.2. The second-order valence-electron chi connectivity index (χ2n) is 7.85. The third kappa shape index (κ3) is 4.56. The maximum absolute atomic E-state index is 13.1. The highest BCUT2D eigenvalue weighted by molar-refractivity contribution is 9.10. The van der Waals surface area contributed by atoms with Crippen LogP contribution in [0.1, 0.15) is 22.7 Å². The van der Waals surface area contributed by atoms with Crippen LogP contribution >= 0.6 is 15.9 Å². The highest BCUT2D eigenvalue weighted by Crippen LogP contribution is 2.39. The van der Waals surface area contributed by atoms with Crippen LogP contribution in [0.4, 0.5) is 0 Å². The first-order valence-corrected chi connectivity index (χ1v) is 11.5. The lowest BCUT2D eigenvalue weighted by Crippen LogP contribution is -2.31. The van der Waals surface area contributed by atoms with Gasteiger partial charge in [-0.25, -0.2) is 0 Å². The number of aliphatic hydroxyl groups is 1. The first-order chi connectivity index (χ1) is 16.4. The third-order valence-electron chi connectivity index (χ3n) is 5.86. The average Bonchev–Trinajstić information content (AvgIpc) is 3.12. The third-order valence-corrected chi connectivity index (χ3v) is 6.39. The molecule has 7 heteroatoms. The van der Waals surface area contributed by atoms with Gasteiger partial charge in [0.1, 0.15) is 5.76 Å². The zero-order valence-electron chi connectivity index (χ0n) is 18.8. The molecule has 1 saturated heterocycles.